The summed E-state index contributed by atoms with van der Waals surface area (Å²) < 4.78 is 70.9. The van der Waals surface area contributed by atoms with Gasteiger partial charge in [-0.2, -0.15) is 13.9 Å². The SMILES string of the molecule is CC(c1nc2c(F)cc(F)cc2c(=O)n1-c1cccc(F)c1)n1nc(C(C=NC(F)F)=CN)c2c(N)ncnc21. The summed E-state index contributed by atoms with van der Waals surface area (Å²) in [6, 6.07) is 5.30. The molecule has 40 heavy (non-hydrogen) atoms. The van der Waals surface area contributed by atoms with Gasteiger partial charge in [-0.1, -0.05) is 6.07 Å². The summed E-state index contributed by atoms with van der Waals surface area (Å²) in [5.74, 6) is -2.99. The third kappa shape index (κ3) is 4.50. The molecule has 0 radical (unpaired) electrons. The molecule has 204 valence electrons. The molecule has 0 aliphatic rings. The minimum absolute atomic E-state index is 0.0134. The van der Waals surface area contributed by atoms with Crippen molar-refractivity contribution >= 4 is 39.5 Å². The van der Waals surface area contributed by atoms with Crippen LogP contribution in [0.4, 0.5) is 27.8 Å². The van der Waals surface area contributed by atoms with Crippen LogP contribution >= 0.6 is 0 Å². The van der Waals surface area contributed by atoms with Gasteiger partial charge in [-0.15, -0.1) is 0 Å². The summed E-state index contributed by atoms with van der Waals surface area (Å²) >= 11 is 0. The monoisotopic (exact) mass is 555 g/mol. The number of aromatic nitrogens is 6. The molecule has 3 heterocycles. The van der Waals surface area contributed by atoms with Crippen LogP contribution in [0.1, 0.15) is 24.5 Å². The summed E-state index contributed by atoms with van der Waals surface area (Å²) in [7, 11) is 0. The summed E-state index contributed by atoms with van der Waals surface area (Å²) in [5, 5.41) is 4.18. The average molecular weight is 555 g/mol. The first kappa shape index (κ1) is 26.4. The lowest BCUT2D eigenvalue weighted by molar-refractivity contribution is 0.161. The van der Waals surface area contributed by atoms with E-state index in [1.165, 1.54) is 23.7 Å². The van der Waals surface area contributed by atoms with Crippen LogP contribution in [0.5, 0.6) is 0 Å². The van der Waals surface area contributed by atoms with E-state index in [9.17, 15) is 26.7 Å². The number of allylic oxidation sites excluding steroid dienone is 1. The molecule has 0 amide bonds. The molecule has 1 unspecified atom stereocenters. The van der Waals surface area contributed by atoms with Crippen molar-refractivity contribution in [3.63, 3.8) is 0 Å². The number of halogens is 5. The topological polar surface area (TPSA) is 143 Å². The van der Waals surface area contributed by atoms with E-state index in [0.29, 0.717) is 6.07 Å². The number of hydrogen-bond donors (Lipinski definition) is 2. The third-order valence-corrected chi connectivity index (χ3v) is 6.02. The number of anilines is 1. The number of fused-ring (bicyclic) bond motifs is 2. The molecule has 2 aromatic carbocycles. The van der Waals surface area contributed by atoms with Gasteiger partial charge in [-0.3, -0.25) is 9.36 Å². The summed E-state index contributed by atoms with van der Waals surface area (Å²) in [5.41, 5.74) is 10.4. The van der Waals surface area contributed by atoms with Gasteiger partial charge in [0, 0.05) is 24.1 Å². The molecule has 4 N–H and O–H groups in total. The number of alkyl halides is 2. The van der Waals surface area contributed by atoms with Crippen LogP contribution in [0.3, 0.4) is 0 Å². The van der Waals surface area contributed by atoms with Gasteiger partial charge in [0.05, 0.1) is 16.5 Å². The fraction of sp³-hybridized carbons (Fsp3) is 0.120. The second kappa shape index (κ2) is 10.2. The molecule has 5 rings (SSSR count). The average Bonchev–Trinajstić information content (AvgIpc) is 3.29. The maximum atomic E-state index is 14.8. The van der Waals surface area contributed by atoms with Crippen molar-refractivity contribution in [2.24, 2.45) is 10.7 Å². The maximum Gasteiger partial charge on any atom is 0.331 e. The zero-order chi connectivity index (χ0) is 28.7. The van der Waals surface area contributed by atoms with E-state index < -0.39 is 41.1 Å². The van der Waals surface area contributed by atoms with Gasteiger partial charge in [0.2, 0.25) is 0 Å². The Kier molecular flexibility index (Phi) is 6.71. The van der Waals surface area contributed by atoms with Gasteiger partial charge in [0.15, 0.2) is 11.5 Å². The smallest absolute Gasteiger partial charge is 0.331 e. The van der Waals surface area contributed by atoms with E-state index in [2.05, 4.69) is 25.0 Å². The standard InChI is InChI=1S/C25H18F5N9O/c1-11(39-23-18(21(32)34-10-35-23)19(37-39)12(8-31)9-33-25(29)30)22-36-20-16(6-14(27)7-17(20)28)24(40)38(22)15-4-2-3-13(26)5-15/h2-11,25H,31H2,1H3,(H2,32,34,35). The summed E-state index contributed by atoms with van der Waals surface area (Å²) in [4.78, 5) is 29.1. The van der Waals surface area contributed by atoms with Crippen molar-refractivity contribution in [1.29, 1.82) is 0 Å². The number of nitrogens with two attached hydrogens (primary N) is 2. The second-order valence-corrected chi connectivity index (χ2v) is 8.48. The lowest BCUT2D eigenvalue weighted by Gasteiger charge is -2.19. The Morgan fingerprint density at radius 3 is 2.58 bits per heavy atom. The Bertz CT molecular complexity index is 1900. The predicted octanol–water partition coefficient (Wildman–Crippen LogP) is 3.73. The maximum absolute atomic E-state index is 14.8. The van der Waals surface area contributed by atoms with E-state index in [4.69, 9.17) is 11.5 Å². The predicted molar refractivity (Wildman–Crippen MR) is 137 cm³/mol. The molecule has 3 aromatic heterocycles. The first-order valence-electron chi connectivity index (χ1n) is 11.5. The number of hydrogen-bond acceptors (Lipinski definition) is 8. The van der Waals surface area contributed by atoms with Crippen molar-refractivity contribution in [3.05, 3.63) is 88.2 Å². The quantitative estimate of drug-likeness (QED) is 0.185. The number of aliphatic imine (C=N–C) groups is 1. The molecule has 1 atom stereocenters. The van der Waals surface area contributed by atoms with Crippen molar-refractivity contribution in [3.8, 4) is 5.69 Å². The van der Waals surface area contributed by atoms with Crippen LogP contribution in [-0.2, 0) is 0 Å². The van der Waals surface area contributed by atoms with Gasteiger partial charge >= 0.3 is 6.55 Å². The second-order valence-electron chi connectivity index (χ2n) is 8.48. The molecule has 0 fully saturated rings. The fourth-order valence-corrected chi connectivity index (χ4v) is 4.27. The highest BCUT2D eigenvalue weighted by atomic mass is 19.3. The highest BCUT2D eigenvalue weighted by Gasteiger charge is 2.27. The number of nitrogen functional groups attached to an aromatic ring is 1. The first-order chi connectivity index (χ1) is 19.1. The van der Waals surface area contributed by atoms with Crippen molar-refractivity contribution in [2.75, 3.05) is 5.73 Å². The van der Waals surface area contributed by atoms with E-state index in [1.807, 2.05) is 0 Å². The third-order valence-electron chi connectivity index (χ3n) is 6.02. The molecular formula is C25H18F5N9O. The fourth-order valence-electron chi connectivity index (χ4n) is 4.27. The van der Waals surface area contributed by atoms with Crippen LogP contribution in [-0.4, -0.2) is 42.1 Å². The van der Waals surface area contributed by atoms with E-state index in [0.717, 1.165) is 41.5 Å². The van der Waals surface area contributed by atoms with Crippen LogP contribution in [0.2, 0.25) is 0 Å². The highest BCUT2D eigenvalue weighted by molar-refractivity contribution is 6.14. The number of benzene rings is 2. The zero-order valence-corrected chi connectivity index (χ0v) is 20.4. The molecular weight excluding hydrogens is 537 g/mol. The molecule has 0 spiro atoms. The van der Waals surface area contributed by atoms with E-state index >= 15 is 0 Å². The first-order valence-corrected chi connectivity index (χ1v) is 11.5. The minimum Gasteiger partial charge on any atom is -0.404 e. The Balaban J connectivity index is 1.83. The summed E-state index contributed by atoms with van der Waals surface area (Å²) in [6.07, 6.45) is 2.91. The Morgan fingerprint density at radius 1 is 1.10 bits per heavy atom. The normalized spacial score (nSPS) is 13.2. The molecule has 15 heteroatoms. The van der Waals surface area contributed by atoms with Crippen LogP contribution in [0, 0.1) is 17.5 Å². The molecule has 0 aliphatic carbocycles. The Hall–Kier alpha value is -5.21. The zero-order valence-electron chi connectivity index (χ0n) is 20.4. The van der Waals surface area contributed by atoms with Gasteiger partial charge in [-0.25, -0.2) is 37.8 Å². The Morgan fingerprint density at radius 2 is 1.88 bits per heavy atom. The highest BCUT2D eigenvalue weighted by Crippen LogP contribution is 2.31. The molecule has 5 aromatic rings. The number of nitrogens with zero attached hydrogens (tertiary/aromatic N) is 7. The van der Waals surface area contributed by atoms with Crippen molar-refractivity contribution < 1.29 is 22.0 Å². The molecule has 10 nitrogen and oxygen atoms in total. The molecule has 0 aliphatic heterocycles. The van der Waals surface area contributed by atoms with Crippen LogP contribution in [0.15, 0.2) is 58.7 Å². The van der Waals surface area contributed by atoms with Gasteiger partial charge < -0.3 is 11.5 Å². The molecule has 0 saturated heterocycles. The summed E-state index contributed by atoms with van der Waals surface area (Å²) in [6.45, 7) is -1.50. The van der Waals surface area contributed by atoms with Gasteiger partial charge in [0.1, 0.15) is 46.9 Å². The van der Waals surface area contributed by atoms with Gasteiger partial charge in [-0.05, 0) is 31.2 Å². The lowest BCUT2D eigenvalue weighted by atomic mass is 10.1. The van der Waals surface area contributed by atoms with E-state index in [-0.39, 0.29) is 45.0 Å². The van der Waals surface area contributed by atoms with Crippen LogP contribution in [0.25, 0.3) is 33.2 Å². The van der Waals surface area contributed by atoms with Crippen molar-refractivity contribution in [1.82, 2.24) is 29.3 Å². The minimum atomic E-state index is -3.03. The van der Waals surface area contributed by atoms with Crippen molar-refractivity contribution in [2.45, 2.75) is 19.5 Å². The van der Waals surface area contributed by atoms with Gasteiger partial charge in [0.25, 0.3) is 5.56 Å². The van der Waals surface area contributed by atoms with E-state index in [1.54, 1.807) is 0 Å². The Labute approximate surface area is 221 Å². The largest absolute Gasteiger partial charge is 0.404 e. The number of rotatable bonds is 6. The molecule has 0 saturated carbocycles. The van der Waals surface area contributed by atoms with Crippen LogP contribution < -0.4 is 17.0 Å². The lowest BCUT2D eigenvalue weighted by Crippen LogP contribution is -2.28. The molecule has 0 bridgehead atoms.